The zero-order valence-corrected chi connectivity index (χ0v) is 10.8. The monoisotopic (exact) mass is 249 g/mol. The second kappa shape index (κ2) is 5.25. The van der Waals surface area contributed by atoms with Gasteiger partial charge in [0.25, 0.3) is 0 Å². The molecule has 17 heavy (non-hydrogen) atoms. The first kappa shape index (κ1) is 12.0. The number of hydrogen-bond donors (Lipinski definition) is 1. The Balaban J connectivity index is 2.44. The summed E-state index contributed by atoms with van der Waals surface area (Å²) in [7, 11) is 1.64. The third kappa shape index (κ3) is 2.45. The number of H-pyrrole nitrogens is 1. The van der Waals surface area contributed by atoms with Gasteiger partial charge < -0.3 is 4.74 Å². The zero-order chi connectivity index (χ0) is 12.3. The number of nitrogens with one attached hydrogen (secondary N) is 1. The minimum Gasteiger partial charge on any atom is -0.377 e. The molecule has 0 fully saturated rings. The first-order valence-electron chi connectivity index (χ1n) is 5.50. The van der Waals surface area contributed by atoms with Crippen LogP contribution in [0.25, 0.3) is 5.69 Å². The van der Waals surface area contributed by atoms with Gasteiger partial charge in [-0.15, -0.1) is 0 Å². The zero-order valence-electron chi connectivity index (χ0n) is 9.93. The van der Waals surface area contributed by atoms with Crippen LogP contribution in [-0.4, -0.2) is 21.9 Å². The van der Waals surface area contributed by atoms with Crippen molar-refractivity contribution in [2.24, 2.45) is 0 Å². The third-order valence-corrected chi connectivity index (χ3v) is 2.89. The first-order valence-corrected chi connectivity index (χ1v) is 5.91. The summed E-state index contributed by atoms with van der Waals surface area (Å²) in [6, 6.07) is 8.29. The number of benzene rings is 1. The molecule has 1 aromatic carbocycles. The molecule has 1 aromatic heterocycles. The number of aromatic nitrogens is 3. The number of methoxy groups -OCH3 is 1. The van der Waals surface area contributed by atoms with E-state index in [4.69, 9.17) is 17.0 Å². The molecule has 5 heteroatoms. The topological polar surface area (TPSA) is 42.8 Å². The summed E-state index contributed by atoms with van der Waals surface area (Å²) in [5.41, 5.74) is 2.31. The van der Waals surface area contributed by atoms with E-state index in [2.05, 4.69) is 29.3 Å². The number of aromatic amines is 1. The first-order chi connectivity index (χ1) is 8.26. The van der Waals surface area contributed by atoms with Crippen molar-refractivity contribution in [2.45, 2.75) is 20.0 Å². The number of hydrogen-bond acceptors (Lipinski definition) is 3. The molecule has 90 valence electrons. The van der Waals surface area contributed by atoms with Gasteiger partial charge in [0, 0.05) is 12.8 Å². The predicted octanol–water partition coefficient (Wildman–Crippen LogP) is 2.64. The Bertz CT molecular complexity index is 542. The summed E-state index contributed by atoms with van der Waals surface area (Å²) in [6.07, 6.45) is 1.03. The minimum absolute atomic E-state index is 0.433. The quantitative estimate of drug-likeness (QED) is 0.847. The maximum absolute atomic E-state index is 5.22. The highest BCUT2D eigenvalue weighted by Gasteiger charge is 2.07. The van der Waals surface area contributed by atoms with Crippen molar-refractivity contribution in [3.8, 4) is 5.69 Å². The highest BCUT2D eigenvalue weighted by Crippen LogP contribution is 2.13. The van der Waals surface area contributed by atoms with Gasteiger partial charge >= 0.3 is 0 Å². The molecule has 0 saturated heterocycles. The number of ether oxygens (including phenoxy) is 1. The molecule has 0 atom stereocenters. The molecule has 0 bridgehead atoms. The van der Waals surface area contributed by atoms with Crippen molar-refractivity contribution in [2.75, 3.05) is 7.11 Å². The summed E-state index contributed by atoms with van der Waals surface area (Å²) in [6.45, 7) is 2.57. The van der Waals surface area contributed by atoms with E-state index in [1.165, 1.54) is 5.56 Å². The van der Waals surface area contributed by atoms with Gasteiger partial charge in [-0.05, 0) is 36.3 Å². The molecule has 0 unspecified atom stereocenters. The Labute approximate surface area is 105 Å². The van der Waals surface area contributed by atoms with Gasteiger partial charge in [-0.2, -0.15) is 5.10 Å². The SMILES string of the molecule is CCc1ccc(-n2c(COC)n[nH]c2=S)cc1. The van der Waals surface area contributed by atoms with Crippen LogP contribution in [0.5, 0.6) is 0 Å². The summed E-state index contributed by atoms with van der Waals surface area (Å²) < 4.78 is 7.57. The van der Waals surface area contributed by atoms with Gasteiger partial charge in [-0.3, -0.25) is 9.67 Å². The molecule has 0 radical (unpaired) electrons. The maximum atomic E-state index is 5.22. The highest BCUT2D eigenvalue weighted by molar-refractivity contribution is 7.71. The Hall–Kier alpha value is -1.46. The fourth-order valence-electron chi connectivity index (χ4n) is 1.70. The predicted molar refractivity (Wildman–Crippen MR) is 68.8 cm³/mol. The summed E-state index contributed by atoms with van der Waals surface area (Å²) in [5, 5.41) is 6.93. The molecule has 0 aliphatic carbocycles. The smallest absolute Gasteiger partial charge is 0.199 e. The molecule has 0 spiro atoms. The molecule has 4 nitrogen and oxygen atoms in total. The van der Waals surface area contributed by atoms with Gasteiger partial charge in [0.05, 0.1) is 0 Å². The second-order valence-electron chi connectivity index (χ2n) is 3.73. The van der Waals surface area contributed by atoms with Crippen LogP contribution in [0.4, 0.5) is 0 Å². The fourth-order valence-corrected chi connectivity index (χ4v) is 1.96. The van der Waals surface area contributed by atoms with Crippen LogP contribution in [0, 0.1) is 4.77 Å². The summed E-state index contributed by atoms with van der Waals surface area (Å²) in [5.74, 6) is 0.779. The lowest BCUT2D eigenvalue weighted by Gasteiger charge is -2.06. The molecule has 0 saturated carbocycles. The maximum Gasteiger partial charge on any atom is 0.199 e. The molecular weight excluding hydrogens is 234 g/mol. The standard InChI is InChI=1S/C12H15N3OS/c1-3-9-4-6-10(7-5-9)15-11(8-16-2)13-14-12(15)17/h4-7H,3,8H2,1-2H3,(H,14,17). The number of aryl methyl sites for hydroxylation is 1. The second-order valence-corrected chi connectivity index (χ2v) is 4.12. The molecule has 0 amide bonds. The largest absolute Gasteiger partial charge is 0.377 e. The van der Waals surface area contributed by atoms with Crippen LogP contribution in [0.2, 0.25) is 0 Å². The average Bonchev–Trinajstić information content (AvgIpc) is 2.71. The molecule has 1 N–H and O–H groups in total. The van der Waals surface area contributed by atoms with Crippen molar-refractivity contribution in [3.63, 3.8) is 0 Å². The number of rotatable bonds is 4. The summed E-state index contributed by atoms with van der Waals surface area (Å²) >= 11 is 5.22. The molecule has 0 aliphatic rings. The molecule has 2 aromatic rings. The van der Waals surface area contributed by atoms with Gasteiger partial charge in [-0.1, -0.05) is 19.1 Å². The van der Waals surface area contributed by atoms with Crippen molar-refractivity contribution in [3.05, 3.63) is 40.4 Å². The van der Waals surface area contributed by atoms with Gasteiger partial charge in [0.15, 0.2) is 10.6 Å². The van der Waals surface area contributed by atoms with E-state index < -0.39 is 0 Å². The minimum atomic E-state index is 0.433. The lowest BCUT2D eigenvalue weighted by atomic mass is 10.1. The van der Waals surface area contributed by atoms with E-state index in [1.807, 2.05) is 16.7 Å². The van der Waals surface area contributed by atoms with Crippen molar-refractivity contribution in [1.82, 2.24) is 14.8 Å². The highest BCUT2D eigenvalue weighted by atomic mass is 32.1. The van der Waals surface area contributed by atoms with Crippen LogP contribution in [0.15, 0.2) is 24.3 Å². The van der Waals surface area contributed by atoms with Crippen LogP contribution >= 0.6 is 12.2 Å². The Kier molecular flexibility index (Phi) is 3.71. The van der Waals surface area contributed by atoms with E-state index in [-0.39, 0.29) is 0 Å². The Morgan fingerprint density at radius 1 is 1.35 bits per heavy atom. The van der Waals surface area contributed by atoms with E-state index >= 15 is 0 Å². The lowest BCUT2D eigenvalue weighted by molar-refractivity contribution is 0.176. The van der Waals surface area contributed by atoms with Crippen molar-refractivity contribution in [1.29, 1.82) is 0 Å². The van der Waals surface area contributed by atoms with Crippen LogP contribution in [0.3, 0.4) is 0 Å². The molecular formula is C12H15N3OS. The van der Waals surface area contributed by atoms with E-state index in [0.717, 1.165) is 17.9 Å². The van der Waals surface area contributed by atoms with E-state index in [9.17, 15) is 0 Å². The van der Waals surface area contributed by atoms with Crippen molar-refractivity contribution >= 4 is 12.2 Å². The van der Waals surface area contributed by atoms with Crippen molar-refractivity contribution < 1.29 is 4.74 Å². The van der Waals surface area contributed by atoms with Crippen LogP contribution in [-0.2, 0) is 17.8 Å². The molecule has 2 rings (SSSR count). The lowest BCUT2D eigenvalue weighted by Crippen LogP contribution is -2.02. The Morgan fingerprint density at radius 2 is 2.06 bits per heavy atom. The number of nitrogens with zero attached hydrogens (tertiary/aromatic N) is 2. The van der Waals surface area contributed by atoms with Gasteiger partial charge in [0.1, 0.15) is 6.61 Å². The van der Waals surface area contributed by atoms with E-state index in [1.54, 1.807) is 7.11 Å². The van der Waals surface area contributed by atoms with Crippen LogP contribution in [0.1, 0.15) is 18.3 Å². The molecule has 1 heterocycles. The third-order valence-electron chi connectivity index (χ3n) is 2.62. The van der Waals surface area contributed by atoms with E-state index in [0.29, 0.717) is 11.4 Å². The van der Waals surface area contributed by atoms with Crippen LogP contribution < -0.4 is 0 Å². The average molecular weight is 249 g/mol. The fraction of sp³-hybridized carbons (Fsp3) is 0.333. The summed E-state index contributed by atoms with van der Waals surface area (Å²) in [4.78, 5) is 0. The Morgan fingerprint density at radius 3 is 2.65 bits per heavy atom. The molecule has 0 aliphatic heterocycles. The normalized spacial score (nSPS) is 10.7. The van der Waals surface area contributed by atoms with Gasteiger partial charge in [0.2, 0.25) is 0 Å². The van der Waals surface area contributed by atoms with Gasteiger partial charge in [-0.25, -0.2) is 0 Å².